The van der Waals surface area contributed by atoms with Gasteiger partial charge in [-0.1, -0.05) is 66.7 Å². The Kier molecular flexibility index (Phi) is 8.98. The zero-order valence-corrected chi connectivity index (χ0v) is 25.2. The Bertz CT molecular complexity index is 1540. The van der Waals surface area contributed by atoms with E-state index in [4.69, 9.17) is 0 Å². The fourth-order valence-corrected chi connectivity index (χ4v) is 7.34. The molecular formula is C35H38N4O3S. The number of benzene rings is 3. The number of aryl methyl sites for hydroxylation is 1. The number of nitrogens with one attached hydrogen (secondary N) is 2. The number of nitrogens with zero attached hydrogens (tertiary/aromatic N) is 2. The molecule has 3 heterocycles. The summed E-state index contributed by atoms with van der Waals surface area (Å²) >= 11 is 1.59. The second kappa shape index (κ2) is 13.2. The maximum absolute atomic E-state index is 13.7. The van der Waals surface area contributed by atoms with Crippen LogP contribution in [0.15, 0.2) is 90.3 Å². The number of aliphatic hydroxyl groups excluding tert-OH is 1. The molecule has 5 atom stereocenters. The van der Waals surface area contributed by atoms with Crippen LogP contribution in [0, 0.1) is 6.92 Å². The zero-order chi connectivity index (χ0) is 29.8. The number of carbonyl (C=O) groups excluding carboxylic acids is 2. The summed E-state index contributed by atoms with van der Waals surface area (Å²) in [6.45, 7) is 2.64. The predicted molar refractivity (Wildman–Crippen MR) is 169 cm³/mol. The molecule has 0 radical (unpaired) electrons. The summed E-state index contributed by atoms with van der Waals surface area (Å²) in [7, 11) is 0. The SMILES string of the molecule is Cc1csc([C@H]2CCCN2C(=O)c2cccc(C(=O)N[C@@H](Cc3ccccc3)[C@@H](O)[C@@H]3CC[C@H](c4ccccc4)N3)c2)n1. The number of likely N-dealkylation sites (tertiary alicyclic amines) is 1. The molecule has 8 heteroatoms. The highest BCUT2D eigenvalue weighted by atomic mass is 32.1. The highest BCUT2D eigenvalue weighted by molar-refractivity contribution is 7.09. The predicted octanol–water partition coefficient (Wildman–Crippen LogP) is 5.62. The van der Waals surface area contributed by atoms with Crippen LogP contribution in [0.4, 0.5) is 0 Å². The largest absolute Gasteiger partial charge is 0.389 e. The monoisotopic (exact) mass is 594 g/mol. The van der Waals surface area contributed by atoms with E-state index in [9.17, 15) is 14.7 Å². The minimum atomic E-state index is -0.796. The molecule has 7 nitrogen and oxygen atoms in total. The highest BCUT2D eigenvalue weighted by Gasteiger charge is 2.36. The summed E-state index contributed by atoms with van der Waals surface area (Å²) in [6, 6.07) is 26.6. The maximum Gasteiger partial charge on any atom is 0.254 e. The van der Waals surface area contributed by atoms with Crippen LogP contribution in [0.1, 0.15) is 80.3 Å². The third-order valence-corrected chi connectivity index (χ3v) is 9.69. The van der Waals surface area contributed by atoms with Gasteiger partial charge in [0.1, 0.15) is 5.01 Å². The van der Waals surface area contributed by atoms with Crippen molar-refractivity contribution in [3.8, 4) is 0 Å². The molecule has 1 aromatic heterocycles. The van der Waals surface area contributed by atoms with E-state index in [1.54, 1.807) is 35.6 Å². The van der Waals surface area contributed by atoms with Gasteiger partial charge in [-0.3, -0.25) is 9.59 Å². The lowest BCUT2D eigenvalue weighted by atomic mass is 9.95. The van der Waals surface area contributed by atoms with E-state index in [1.807, 2.05) is 65.7 Å². The number of aromatic nitrogens is 1. The van der Waals surface area contributed by atoms with Crippen LogP contribution in [0.5, 0.6) is 0 Å². The topological polar surface area (TPSA) is 94.6 Å². The fraction of sp³-hybridized carbons (Fsp3) is 0.343. The lowest BCUT2D eigenvalue weighted by Gasteiger charge is -2.29. The molecule has 2 aliphatic rings. The molecule has 43 heavy (non-hydrogen) atoms. The summed E-state index contributed by atoms with van der Waals surface area (Å²) in [5.41, 5.74) is 4.08. The van der Waals surface area contributed by atoms with E-state index in [1.165, 1.54) is 5.56 Å². The van der Waals surface area contributed by atoms with Gasteiger partial charge in [-0.25, -0.2) is 4.98 Å². The molecule has 3 aromatic carbocycles. The van der Waals surface area contributed by atoms with Gasteiger partial charge in [-0.15, -0.1) is 11.3 Å². The first kappa shape index (κ1) is 29.2. The van der Waals surface area contributed by atoms with Gasteiger partial charge in [0, 0.05) is 40.8 Å². The fourth-order valence-electron chi connectivity index (χ4n) is 6.40. The molecule has 2 fully saturated rings. The number of rotatable bonds is 9. The van der Waals surface area contributed by atoms with Crippen LogP contribution < -0.4 is 10.6 Å². The molecule has 3 N–H and O–H groups in total. The van der Waals surface area contributed by atoms with Crippen molar-refractivity contribution in [3.05, 3.63) is 123 Å². The van der Waals surface area contributed by atoms with E-state index < -0.39 is 12.1 Å². The lowest BCUT2D eigenvalue weighted by molar-refractivity contribution is 0.0729. The standard InChI is InChI=1S/C35H38N4O3S/c1-23-22-43-34(36-23)31-16-9-19-39(31)35(42)27-15-8-14-26(21-27)33(41)38-30(20-24-10-4-2-5-11-24)32(40)29-18-17-28(37-29)25-12-6-3-7-13-25/h2-8,10-15,21-22,28-32,37,40H,9,16-20H2,1H3,(H,38,41)/t28-,29+,30+,31-,32+/m1/s1. The van der Waals surface area contributed by atoms with E-state index in [-0.39, 0.29) is 29.9 Å². The van der Waals surface area contributed by atoms with Gasteiger partial charge in [0.25, 0.3) is 11.8 Å². The molecule has 0 aliphatic carbocycles. The Hall–Kier alpha value is -3.85. The molecule has 6 rings (SSSR count). The summed E-state index contributed by atoms with van der Waals surface area (Å²) in [5, 5.41) is 21.3. The van der Waals surface area contributed by atoms with Gasteiger partial charge >= 0.3 is 0 Å². The first-order valence-corrected chi connectivity index (χ1v) is 16.0. The second-order valence-corrected chi connectivity index (χ2v) is 12.5. The average molecular weight is 595 g/mol. The van der Waals surface area contributed by atoms with Crippen molar-refractivity contribution in [2.75, 3.05) is 6.54 Å². The first-order chi connectivity index (χ1) is 21.0. The van der Waals surface area contributed by atoms with Crippen molar-refractivity contribution in [2.45, 2.75) is 69.3 Å². The van der Waals surface area contributed by atoms with Gasteiger partial charge in [0.2, 0.25) is 0 Å². The number of carbonyl (C=O) groups is 2. The van der Waals surface area contributed by atoms with Crippen LogP contribution in [-0.2, 0) is 6.42 Å². The van der Waals surface area contributed by atoms with E-state index in [2.05, 4.69) is 27.8 Å². The number of amides is 2. The third kappa shape index (κ3) is 6.72. The summed E-state index contributed by atoms with van der Waals surface area (Å²) in [5.74, 6) is -0.395. The molecule has 2 saturated heterocycles. The van der Waals surface area contributed by atoms with E-state index >= 15 is 0 Å². The Balaban J connectivity index is 1.18. The van der Waals surface area contributed by atoms with Crippen molar-refractivity contribution < 1.29 is 14.7 Å². The quantitative estimate of drug-likeness (QED) is 0.234. The van der Waals surface area contributed by atoms with Crippen molar-refractivity contribution in [1.29, 1.82) is 0 Å². The highest BCUT2D eigenvalue weighted by Crippen LogP contribution is 2.35. The van der Waals surface area contributed by atoms with Gasteiger partial charge < -0.3 is 20.6 Å². The van der Waals surface area contributed by atoms with Crippen molar-refractivity contribution in [1.82, 2.24) is 20.5 Å². The molecule has 0 saturated carbocycles. The Morgan fingerprint density at radius 3 is 2.49 bits per heavy atom. The van der Waals surface area contributed by atoms with Crippen LogP contribution >= 0.6 is 11.3 Å². The van der Waals surface area contributed by atoms with Crippen LogP contribution in [0.25, 0.3) is 0 Å². The van der Waals surface area contributed by atoms with Crippen molar-refractivity contribution >= 4 is 23.2 Å². The Labute approximate surface area is 257 Å². The molecule has 0 spiro atoms. The zero-order valence-electron chi connectivity index (χ0n) is 24.4. The second-order valence-electron chi connectivity index (χ2n) is 11.6. The number of thiazole rings is 1. The normalized spacial score (nSPS) is 21.4. The molecular weight excluding hydrogens is 556 g/mol. The van der Waals surface area contributed by atoms with Crippen LogP contribution in [0.3, 0.4) is 0 Å². The minimum absolute atomic E-state index is 0.0345. The van der Waals surface area contributed by atoms with Crippen molar-refractivity contribution in [3.63, 3.8) is 0 Å². The van der Waals surface area contributed by atoms with Gasteiger partial charge in [0.15, 0.2) is 0 Å². The first-order valence-electron chi connectivity index (χ1n) is 15.1. The summed E-state index contributed by atoms with van der Waals surface area (Å²) in [6.07, 6.45) is 3.23. The smallest absolute Gasteiger partial charge is 0.254 e. The van der Waals surface area contributed by atoms with Gasteiger partial charge in [-0.2, -0.15) is 0 Å². The summed E-state index contributed by atoms with van der Waals surface area (Å²) < 4.78 is 0. The molecule has 2 amide bonds. The Morgan fingerprint density at radius 2 is 1.74 bits per heavy atom. The molecule has 2 aliphatic heterocycles. The minimum Gasteiger partial charge on any atom is -0.389 e. The Morgan fingerprint density at radius 1 is 1.00 bits per heavy atom. The number of hydrogen-bond donors (Lipinski definition) is 3. The van der Waals surface area contributed by atoms with E-state index in [0.29, 0.717) is 24.1 Å². The number of hydrogen-bond acceptors (Lipinski definition) is 6. The maximum atomic E-state index is 13.7. The molecule has 222 valence electrons. The lowest BCUT2D eigenvalue weighted by Crippen LogP contribution is -2.52. The molecule has 0 unspecified atom stereocenters. The third-order valence-electron chi connectivity index (χ3n) is 8.63. The summed E-state index contributed by atoms with van der Waals surface area (Å²) in [4.78, 5) is 33.8. The van der Waals surface area contributed by atoms with Gasteiger partial charge in [-0.05, 0) is 68.4 Å². The molecule has 4 aromatic rings. The average Bonchev–Trinajstić information content (AvgIpc) is 3.82. The number of aliphatic hydroxyl groups is 1. The van der Waals surface area contributed by atoms with E-state index in [0.717, 1.165) is 41.9 Å². The van der Waals surface area contributed by atoms with Gasteiger partial charge in [0.05, 0.1) is 18.2 Å². The van der Waals surface area contributed by atoms with Crippen molar-refractivity contribution in [2.24, 2.45) is 0 Å². The molecule has 0 bridgehead atoms. The van der Waals surface area contributed by atoms with Crippen LogP contribution in [-0.4, -0.2) is 51.5 Å². The van der Waals surface area contributed by atoms with Crippen LogP contribution in [0.2, 0.25) is 0 Å².